The first-order valence-electron chi connectivity index (χ1n) is 8.51. The summed E-state index contributed by atoms with van der Waals surface area (Å²) in [6.07, 6.45) is 7.71. The smallest absolute Gasteiger partial charge is 0.258 e. The predicted molar refractivity (Wildman–Crippen MR) is 103 cm³/mol. The Bertz CT molecular complexity index is 673. The summed E-state index contributed by atoms with van der Waals surface area (Å²) in [5.74, 6) is 2.24. The number of halogens is 2. The van der Waals surface area contributed by atoms with Gasteiger partial charge in [-0.05, 0) is 86.7 Å². The molecule has 4 saturated carbocycles. The number of amides is 1. The van der Waals surface area contributed by atoms with Crippen molar-refractivity contribution in [3.63, 3.8) is 0 Å². The molecule has 4 aliphatic rings. The van der Waals surface area contributed by atoms with E-state index < -0.39 is 0 Å². The molecule has 0 spiro atoms. The van der Waals surface area contributed by atoms with Crippen molar-refractivity contribution in [2.24, 2.45) is 17.8 Å². The minimum absolute atomic E-state index is 0.0974. The second-order valence-corrected chi connectivity index (χ2v) is 9.46. The minimum atomic E-state index is -0.261. The molecule has 0 radical (unpaired) electrons. The number of benzene rings is 1. The van der Waals surface area contributed by atoms with E-state index in [-0.39, 0.29) is 11.4 Å². The maximum absolute atomic E-state index is 12.5. The van der Waals surface area contributed by atoms with E-state index in [0.717, 1.165) is 22.2 Å². The van der Waals surface area contributed by atoms with Crippen LogP contribution in [0.5, 0.6) is 0 Å². The van der Waals surface area contributed by atoms with Gasteiger partial charge in [0.2, 0.25) is 0 Å². The van der Waals surface area contributed by atoms with Crippen LogP contribution in [0.2, 0.25) is 5.02 Å². The highest BCUT2D eigenvalue weighted by molar-refractivity contribution is 9.10. The predicted octanol–water partition coefficient (Wildman–Crippen LogP) is 4.68. The summed E-state index contributed by atoms with van der Waals surface area (Å²) in [6, 6.07) is 5.23. The highest BCUT2D eigenvalue weighted by Crippen LogP contribution is 2.55. The molecule has 1 aromatic carbocycles. The van der Waals surface area contributed by atoms with Gasteiger partial charge in [-0.2, -0.15) is 0 Å². The van der Waals surface area contributed by atoms with Gasteiger partial charge in [-0.15, -0.1) is 0 Å². The molecule has 0 aliphatic heterocycles. The number of carbonyl (C=O) groups excluding carboxylic acids is 1. The van der Waals surface area contributed by atoms with Crippen LogP contribution in [0.15, 0.2) is 22.7 Å². The number of carbonyl (C=O) groups is 1. The third-order valence-electron chi connectivity index (χ3n) is 5.82. The van der Waals surface area contributed by atoms with Crippen LogP contribution in [0.3, 0.4) is 0 Å². The van der Waals surface area contributed by atoms with E-state index in [2.05, 4.69) is 26.6 Å². The molecular weight excluding hydrogens is 408 g/mol. The quantitative estimate of drug-likeness (QED) is 0.674. The second-order valence-electron chi connectivity index (χ2n) is 7.73. The zero-order chi connectivity index (χ0) is 16.9. The monoisotopic (exact) mass is 426 g/mol. The number of nitrogens with one attached hydrogen (secondary N) is 2. The molecule has 2 N–H and O–H groups in total. The molecule has 1 amide bonds. The molecule has 1 aromatic rings. The average Bonchev–Trinajstić information content (AvgIpc) is 2.47. The molecule has 0 unspecified atom stereocenters. The van der Waals surface area contributed by atoms with Crippen molar-refractivity contribution in [3.8, 4) is 0 Å². The first-order chi connectivity index (χ1) is 11.4. The summed E-state index contributed by atoms with van der Waals surface area (Å²) in [4.78, 5) is 12.5. The molecule has 5 rings (SSSR count). The highest BCUT2D eigenvalue weighted by atomic mass is 79.9. The molecule has 24 heavy (non-hydrogen) atoms. The van der Waals surface area contributed by atoms with Gasteiger partial charge in [-0.25, -0.2) is 0 Å². The van der Waals surface area contributed by atoms with Crippen molar-refractivity contribution in [2.75, 3.05) is 0 Å². The maximum atomic E-state index is 12.5. The molecule has 4 fully saturated rings. The van der Waals surface area contributed by atoms with Gasteiger partial charge in [0.15, 0.2) is 5.11 Å². The first-order valence-corrected chi connectivity index (χ1v) is 10.1. The summed E-state index contributed by atoms with van der Waals surface area (Å²) in [5, 5.41) is 7.17. The van der Waals surface area contributed by atoms with Crippen LogP contribution in [0, 0.1) is 17.8 Å². The fourth-order valence-electron chi connectivity index (χ4n) is 5.38. The molecule has 0 aromatic heterocycles. The van der Waals surface area contributed by atoms with Crippen LogP contribution in [0.4, 0.5) is 0 Å². The second kappa shape index (κ2) is 6.26. The highest BCUT2D eigenvalue weighted by Gasteiger charge is 2.51. The number of thiocarbonyl (C=S) groups is 1. The van der Waals surface area contributed by atoms with Crippen molar-refractivity contribution in [3.05, 3.63) is 33.3 Å². The Morgan fingerprint density at radius 1 is 1.17 bits per heavy atom. The van der Waals surface area contributed by atoms with Crippen LogP contribution in [-0.4, -0.2) is 16.6 Å². The summed E-state index contributed by atoms with van der Waals surface area (Å²) >= 11 is 14.9. The van der Waals surface area contributed by atoms with E-state index in [0.29, 0.717) is 15.7 Å². The standard InChI is InChI=1S/C18H20BrClN2OS/c19-13-1-2-15(20)14(6-13)16(23)21-17(24)22-18-7-10-3-11(8-18)5-12(4-10)9-18/h1-2,6,10-12H,3-5,7-9H2,(H2,21,22,23,24). The van der Waals surface area contributed by atoms with Gasteiger partial charge in [0.25, 0.3) is 5.91 Å². The van der Waals surface area contributed by atoms with Crippen LogP contribution >= 0.6 is 39.7 Å². The largest absolute Gasteiger partial charge is 0.357 e. The Morgan fingerprint density at radius 3 is 2.33 bits per heavy atom. The van der Waals surface area contributed by atoms with Crippen molar-refractivity contribution in [1.29, 1.82) is 0 Å². The number of rotatable bonds is 2. The van der Waals surface area contributed by atoms with Gasteiger partial charge in [0.1, 0.15) is 0 Å². The summed E-state index contributed by atoms with van der Waals surface area (Å²) in [6.45, 7) is 0. The van der Waals surface area contributed by atoms with E-state index in [9.17, 15) is 4.79 Å². The van der Waals surface area contributed by atoms with E-state index in [4.69, 9.17) is 23.8 Å². The van der Waals surface area contributed by atoms with Crippen LogP contribution < -0.4 is 10.6 Å². The number of hydrogen-bond donors (Lipinski definition) is 2. The lowest BCUT2D eigenvalue weighted by atomic mass is 9.53. The summed E-state index contributed by atoms with van der Waals surface area (Å²) in [5.41, 5.74) is 0.529. The fraction of sp³-hybridized carbons (Fsp3) is 0.556. The van der Waals surface area contributed by atoms with Gasteiger partial charge < -0.3 is 5.32 Å². The molecule has 128 valence electrons. The minimum Gasteiger partial charge on any atom is -0.357 e. The third kappa shape index (κ3) is 3.23. The van der Waals surface area contributed by atoms with Crippen LogP contribution in [0.1, 0.15) is 48.9 Å². The zero-order valence-corrected chi connectivity index (χ0v) is 16.4. The Morgan fingerprint density at radius 2 is 1.75 bits per heavy atom. The lowest BCUT2D eigenvalue weighted by Crippen LogP contribution is -2.61. The lowest BCUT2D eigenvalue weighted by molar-refractivity contribution is -0.0101. The van der Waals surface area contributed by atoms with E-state index in [1.165, 1.54) is 38.5 Å². The maximum Gasteiger partial charge on any atom is 0.258 e. The lowest BCUT2D eigenvalue weighted by Gasteiger charge is -2.57. The fourth-order valence-corrected chi connectivity index (χ4v) is 6.25. The van der Waals surface area contributed by atoms with Crippen LogP contribution in [-0.2, 0) is 0 Å². The van der Waals surface area contributed by atoms with Gasteiger partial charge in [-0.3, -0.25) is 10.1 Å². The van der Waals surface area contributed by atoms with Crippen LogP contribution in [0.25, 0.3) is 0 Å². The molecule has 4 aliphatic carbocycles. The molecule has 0 saturated heterocycles. The van der Waals surface area contributed by atoms with Crippen molar-refractivity contribution < 1.29 is 4.79 Å². The Kier molecular flexibility index (Phi) is 4.38. The molecule has 0 atom stereocenters. The molecule has 0 heterocycles. The molecule has 6 heteroatoms. The average molecular weight is 428 g/mol. The van der Waals surface area contributed by atoms with Gasteiger partial charge >= 0.3 is 0 Å². The third-order valence-corrected chi connectivity index (χ3v) is 6.84. The SMILES string of the molecule is O=C(NC(=S)NC12CC3CC(CC(C3)C1)C2)c1cc(Br)ccc1Cl. The topological polar surface area (TPSA) is 41.1 Å². The van der Waals surface area contributed by atoms with Crippen molar-refractivity contribution >= 4 is 50.8 Å². The zero-order valence-electron chi connectivity index (χ0n) is 13.3. The summed E-state index contributed by atoms with van der Waals surface area (Å²) in [7, 11) is 0. The van der Waals surface area contributed by atoms with Gasteiger partial charge in [0, 0.05) is 10.0 Å². The molecule has 4 bridgehead atoms. The first kappa shape index (κ1) is 16.8. The molecule has 3 nitrogen and oxygen atoms in total. The Balaban J connectivity index is 1.43. The van der Waals surface area contributed by atoms with Crippen molar-refractivity contribution in [2.45, 2.75) is 44.1 Å². The molecular formula is C18H20BrClN2OS. The Hall–Kier alpha value is -0.650. The van der Waals surface area contributed by atoms with Gasteiger partial charge in [-0.1, -0.05) is 27.5 Å². The Labute approximate surface area is 161 Å². The van der Waals surface area contributed by atoms with E-state index in [1.807, 2.05) is 6.07 Å². The van der Waals surface area contributed by atoms with E-state index in [1.54, 1.807) is 12.1 Å². The van der Waals surface area contributed by atoms with E-state index >= 15 is 0 Å². The van der Waals surface area contributed by atoms with Crippen molar-refractivity contribution in [1.82, 2.24) is 10.6 Å². The summed E-state index contributed by atoms with van der Waals surface area (Å²) < 4.78 is 0.817. The normalized spacial score (nSPS) is 33.3. The number of hydrogen-bond acceptors (Lipinski definition) is 2. The van der Waals surface area contributed by atoms with Gasteiger partial charge in [0.05, 0.1) is 10.6 Å².